The van der Waals surface area contributed by atoms with E-state index in [1.54, 1.807) is 4.90 Å². The molecule has 0 aromatic carbocycles. The Balaban J connectivity index is 1.47. The number of likely N-dealkylation sites (N-methyl/N-ethyl adjacent to an activating group) is 1. The lowest BCUT2D eigenvalue weighted by Crippen LogP contribution is -2.55. The maximum Gasteiger partial charge on any atom is 0.226 e. The van der Waals surface area contributed by atoms with E-state index in [9.17, 15) is 9.59 Å². The summed E-state index contributed by atoms with van der Waals surface area (Å²) >= 11 is 0. The van der Waals surface area contributed by atoms with Gasteiger partial charge in [-0.3, -0.25) is 9.59 Å². The second-order valence-corrected chi connectivity index (χ2v) is 7.85. The summed E-state index contributed by atoms with van der Waals surface area (Å²) in [6.45, 7) is 0.678. The molecule has 20 heavy (non-hydrogen) atoms. The van der Waals surface area contributed by atoms with E-state index in [0.717, 1.165) is 37.0 Å². The fraction of sp³-hybridized carbons (Fsp3) is 0.875. The van der Waals surface area contributed by atoms with Crippen LogP contribution in [0.2, 0.25) is 0 Å². The van der Waals surface area contributed by atoms with Crippen molar-refractivity contribution in [2.24, 2.45) is 23.2 Å². The molecule has 0 radical (unpaired) electrons. The molecule has 1 aliphatic heterocycles. The van der Waals surface area contributed by atoms with E-state index < -0.39 is 0 Å². The fourth-order valence-electron chi connectivity index (χ4n) is 5.69. The first-order chi connectivity index (χ1) is 9.54. The predicted molar refractivity (Wildman–Crippen MR) is 74.8 cm³/mol. The molecule has 1 atom stereocenters. The minimum Gasteiger partial charge on any atom is -0.351 e. The molecule has 5 rings (SSSR count). The Kier molecular flexibility index (Phi) is 2.67. The van der Waals surface area contributed by atoms with E-state index in [2.05, 4.69) is 5.32 Å². The van der Waals surface area contributed by atoms with Crippen LogP contribution < -0.4 is 5.32 Å². The third-order valence-electron chi connectivity index (χ3n) is 6.20. The van der Waals surface area contributed by atoms with Crippen molar-refractivity contribution in [2.45, 2.75) is 51.0 Å². The monoisotopic (exact) mass is 276 g/mol. The Labute approximate surface area is 120 Å². The van der Waals surface area contributed by atoms with E-state index >= 15 is 0 Å². The molecule has 0 aromatic heterocycles. The molecular formula is C16H24N2O2. The lowest BCUT2D eigenvalue weighted by molar-refractivity contribution is -0.146. The standard InChI is InChI=1S/C16H24N2O2/c1-18-9-13(5-14(18)19)17-15(20)16-6-10-2-11(7-16)4-12(3-10)8-16/h10-13H,2-9H2,1H3,(H,17,20). The number of amides is 2. The van der Waals surface area contributed by atoms with Gasteiger partial charge in [0.05, 0.1) is 6.04 Å². The van der Waals surface area contributed by atoms with Crippen LogP contribution in [0.25, 0.3) is 0 Å². The van der Waals surface area contributed by atoms with Crippen molar-refractivity contribution in [3.8, 4) is 0 Å². The highest BCUT2D eigenvalue weighted by atomic mass is 16.2. The number of hydrogen-bond donors (Lipinski definition) is 1. The molecule has 110 valence electrons. The second kappa shape index (κ2) is 4.22. The molecule has 2 amide bonds. The van der Waals surface area contributed by atoms with E-state index in [1.165, 1.54) is 19.3 Å². The predicted octanol–water partition coefficient (Wildman–Crippen LogP) is 1.55. The first kappa shape index (κ1) is 12.7. The van der Waals surface area contributed by atoms with E-state index in [4.69, 9.17) is 0 Å². The van der Waals surface area contributed by atoms with Gasteiger partial charge in [0.2, 0.25) is 11.8 Å². The van der Waals surface area contributed by atoms with Gasteiger partial charge in [0, 0.05) is 25.4 Å². The van der Waals surface area contributed by atoms with E-state index in [1.807, 2.05) is 7.05 Å². The van der Waals surface area contributed by atoms with Gasteiger partial charge in [0.1, 0.15) is 0 Å². The Bertz CT molecular complexity index is 424. The van der Waals surface area contributed by atoms with Gasteiger partial charge in [-0.05, 0) is 56.3 Å². The van der Waals surface area contributed by atoms with Crippen LogP contribution in [0.4, 0.5) is 0 Å². The van der Waals surface area contributed by atoms with Crippen molar-refractivity contribution in [1.29, 1.82) is 0 Å². The summed E-state index contributed by atoms with van der Waals surface area (Å²) in [7, 11) is 1.82. The lowest BCUT2D eigenvalue weighted by atomic mass is 9.49. The zero-order valence-corrected chi connectivity index (χ0v) is 12.2. The Hall–Kier alpha value is -1.06. The summed E-state index contributed by atoms with van der Waals surface area (Å²) in [4.78, 5) is 26.1. The van der Waals surface area contributed by atoms with Crippen molar-refractivity contribution < 1.29 is 9.59 Å². The van der Waals surface area contributed by atoms with Gasteiger partial charge in [-0.2, -0.15) is 0 Å². The van der Waals surface area contributed by atoms with Crippen LogP contribution in [0.5, 0.6) is 0 Å². The first-order valence-electron chi connectivity index (χ1n) is 8.09. The van der Waals surface area contributed by atoms with Crippen molar-refractivity contribution >= 4 is 11.8 Å². The minimum atomic E-state index is -0.0844. The molecule has 4 aliphatic carbocycles. The van der Waals surface area contributed by atoms with Gasteiger partial charge < -0.3 is 10.2 Å². The summed E-state index contributed by atoms with van der Waals surface area (Å²) < 4.78 is 0. The molecule has 4 bridgehead atoms. The highest BCUT2D eigenvalue weighted by molar-refractivity contribution is 5.85. The molecular weight excluding hydrogens is 252 g/mol. The lowest BCUT2D eigenvalue weighted by Gasteiger charge is -2.55. The van der Waals surface area contributed by atoms with Gasteiger partial charge in [0.15, 0.2) is 0 Å². The van der Waals surface area contributed by atoms with Gasteiger partial charge >= 0.3 is 0 Å². The smallest absolute Gasteiger partial charge is 0.226 e. The molecule has 0 aromatic rings. The maximum atomic E-state index is 12.8. The second-order valence-electron chi connectivity index (χ2n) is 7.85. The zero-order chi connectivity index (χ0) is 13.9. The number of carbonyl (C=O) groups is 2. The minimum absolute atomic E-state index is 0.0352. The quantitative estimate of drug-likeness (QED) is 0.832. The average Bonchev–Trinajstić information content (AvgIpc) is 2.66. The van der Waals surface area contributed by atoms with Crippen LogP contribution in [0, 0.1) is 23.2 Å². The van der Waals surface area contributed by atoms with Crippen molar-refractivity contribution in [2.75, 3.05) is 13.6 Å². The first-order valence-corrected chi connectivity index (χ1v) is 8.09. The van der Waals surface area contributed by atoms with Crippen LogP contribution in [-0.4, -0.2) is 36.3 Å². The average molecular weight is 276 g/mol. The fourth-order valence-corrected chi connectivity index (χ4v) is 5.69. The maximum absolute atomic E-state index is 12.8. The normalized spacial score (nSPS) is 46.0. The highest BCUT2D eigenvalue weighted by Gasteiger charge is 2.54. The van der Waals surface area contributed by atoms with Crippen LogP contribution in [0.3, 0.4) is 0 Å². The number of carbonyl (C=O) groups excluding carboxylic acids is 2. The van der Waals surface area contributed by atoms with Crippen LogP contribution >= 0.6 is 0 Å². The number of likely N-dealkylation sites (tertiary alicyclic amines) is 1. The molecule has 5 fully saturated rings. The summed E-state index contributed by atoms with van der Waals surface area (Å²) in [6.07, 6.45) is 7.85. The third kappa shape index (κ3) is 1.87. The number of nitrogens with one attached hydrogen (secondary N) is 1. The molecule has 5 aliphatic rings. The van der Waals surface area contributed by atoms with Gasteiger partial charge in [-0.25, -0.2) is 0 Å². The third-order valence-corrected chi connectivity index (χ3v) is 6.20. The van der Waals surface area contributed by atoms with Crippen LogP contribution in [-0.2, 0) is 9.59 Å². The topological polar surface area (TPSA) is 49.4 Å². The molecule has 4 nitrogen and oxygen atoms in total. The number of rotatable bonds is 2. The molecule has 1 saturated heterocycles. The summed E-state index contributed by atoms with van der Waals surface area (Å²) in [5.74, 6) is 2.78. The van der Waals surface area contributed by atoms with Crippen molar-refractivity contribution in [3.05, 3.63) is 0 Å². The molecule has 4 saturated carbocycles. The largest absolute Gasteiger partial charge is 0.351 e. The van der Waals surface area contributed by atoms with Crippen molar-refractivity contribution in [1.82, 2.24) is 10.2 Å². The van der Waals surface area contributed by atoms with Crippen LogP contribution in [0.1, 0.15) is 44.9 Å². The summed E-state index contributed by atoms with van der Waals surface area (Å²) in [5, 5.41) is 3.20. The molecule has 4 heteroatoms. The molecule has 1 unspecified atom stereocenters. The SMILES string of the molecule is CN1CC(NC(=O)C23CC4CC(CC(C4)C2)C3)CC1=O. The van der Waals surface area contributed by atoms with Crippen molar-refractivity contribution in [3.63, 3.8) is 0 Å². The Morgan fingerprint density at radius 2 is 1.70 bits per heavy atom. The summed E-state index contributed by atoms with van der Waals surface area (Å²) in [5.41, 5.74) is -0.0844. The zero-order valence-electron chi connectivity index (χ0n) is 12.2. The molecule has 1 N–H and O–H groups in total. The summed E-state index contributed by atoms with van der Waals surface area (Å²) in [6, 6.07) is 0.0352. The number of hydrogen-bond acceptors (Lipinski definition) is 2. The Morgan fingerprint density at radius 1 is 1.15 bits per heavy atom. The van der Waals surface area contributed by atoms with Gasteiger partial charge in [-0.1, -0.05) is 0 Å². The number of nitrogens with zero attached hydrogens (tertiary/aromatic N) is 1. The Morgan fingerprint density at radius 3 is 2.15 bits per heavy atom. The van der Waals surface area contributed by atoms with E-state index in [0.29, 0.717) is 13.0 Å². The molecule has 0 spiro atoms. The van der Waals surface area contributed by atoms with Gasteiger partial charge in [-0.15, -0.1) is 0 Å². The van der Waals surface area contributed by atoms with Gasteiger partial charge in [0.25, 0.3) is 0 Å². The van der Waals surface area contributed by atoms with Crippen LogP contribution in [0.15, 0.2) is 0 Å². The highest BCUT2D eigenvalue weighted by Crippen LogP contribution is 2.60. The van der Waals surface area contributed by atoms with E-state index in [-0.39, 0.29) is 23.3 Å². The molecule has 1 heterocycles.